The molecule has 0 saturated carbocycles. The zero-order chi connectivity index (χ0) is 26.3. The fraction of sp³-hybridized carbons (Fsp3) is 0.440. The molecular weight excluding hydrogens is 509 g/mol. The summed E-state index contributed by atoms with van der Waals surface area (Å²) in [4.78, 5) is 27.8. The molecule has 0 unspecified atom stereocenters. The van der Waals surface area contributed by atoms with Gasteiger partial charge in [0.05, 0.1) is 11.9 Å². The third kappa shape index (κ3) is 8.12. The van der Waals surface area contributed by atoms with E-state index in [0.29, 0.717) is 33.4 Å². The molecule has 0 radical (unpaired) electrons. The van der Waals surface area contributed by atoms with Crippen LogP contribution in [-0.4, -0.2) is 50.5 Å². The van der Waals surface area contributed by atoms with E-state index in [-0.39, 0.29) is 12.5 Å². The van der Waals surface area contributed by atoms with Crippen molar-refractivity contribution in [3.63, 3.8) is 0 Å². The number of amides is 2. The third-order valence-corrected chi connectivity index (χ3v) is 7.38. The quantitative estimate of drug-likeness (QED) is 0.417. The van der Waals surface area contributed by atoms with E-state index in [9.17, 15) is 18.0 Å². The maximum atomic E-state index is 13.6. The summed E-state index contributed by atoms with van der Waals surface area (Å²) < 4.78 is 26.5. The molecule has 0 aromatic heterocycles. The van der Waals surface area contributed by atoms with Gasteiger partial charge in [0.1, 0.15) is 12.6 Å². The smallest absolute Gasteiger partial charge is 0.244 e. The highest BCUT2D eigenvalue weighted by atomic mass is 35.5. The highest BCUT2D eigenvalue weighted by Crippen LogP contribution is 2.26. The van der Waals surface area contributed by atoms with E-state index in [1.807, 2.05) is 26.0 Å². The molecule has 192 valence electrons. The summed E-state index contributed by atoms with van der Waals surface area (Å²) in [5.41, 5.74) is 2.59. The topological polar surface area (TPSA) is 86.8 Å². The molecule has 2 aromatic carbocycles. The van der Waals surface area contributed by atoms with E-state index in [2.05, 4.69) is 5.32 Å². The monoisotopic (exact) mass is 541 g/mol. The van der Waals surface area contributed by atoms with Gasteiger partial charge in [0.15, 0.2) is 0 Å². The molecule has 2 aromatic rings. The number of aryl methyl sites for hydroxylation is 2. The first-order valence-electron chi connectivity index (χ1n) is 11.4. The van der Waals surface area contributed by atoms with Crippen molar-refractivity contribution in [1.29, 1.82) is 0 Å². The molecule has 35 heavy (non-hydrogen) atoms. The van der Waals surface area contributed by atoms with Crippen molar-refractivity contribution < 1.29 is 18.0 Å². The first-order valence-corrected chi connectivity index (χ1v) is 14.0. The minimum Gasteiger partial charge on any atom is -0.354 e. The van der Waals surface area contributed by atoms with E-state index in [1.54, 1.807) is 38.1 Å². The van der Waals surface area contributed by atoms with Gasteiger partial charge in [-0.15, -0.1) is 0 Å². The molecule has 0 aliphatic carbocycles. The van der Waals surface area contributed by atoms with E-state index >= 15 is 0 Å². The molecule has 0 bridgehead atoms. The van der Waals surface area contributed by atoms with Crippen molar-refractivity contribution in [3.05, 3.63) is 63.1 Å². The molecule has 0 spiro atoms. The number of sulfonamides is 1. The fourth-order valence-electron chi connectivity index (χ4n) is 3.54. The van der Waals surface area contributed by atoms with Gasteiger partial charge in [-0.1, -0.05) is 54.7 Å². The third-order valence-electron chi connectivity index (χ3n) is 5.67. The van der Waals surface area contributed by atoms with Gasteiger partial charge in [0.25, 0.3) is 0 Å². The largest absolute Gasteiger partial charge is 0.354 e. The van der Waals surface area contributed by atoms with Gasteiger partial charge in [-0.3, -0.25) is 13.9 Å². The average molecular weight is 543 g/mol. The average Bonchev–Trinajstić information content (AvgIpc) is 2.77. The minimum atomic E-state index is -3.79. The zero-order valence-corrected chi connectivity index (χ0v) is 23.1. The van der Waals surface area contributed by atoms with Crippen molar-refractivity contribution in [1.82, 2.24) is 10.2 Å². The predicted octanol–water partition coefficient (Wildman–Crippen LogP) is 4.71. The first-order chi connectivity index (χ1) is 16.3. The second kappa shape index (κ2) is 12.6. The summed E-state index contributed by atoms with van der Waals surface area (Å²) in [7, 11) is -3.79. The molecule has 0 aliphatic rings. The van der Waals surface area contributed by atoms with Gasteiger partial charge in [-0.25, -0.2) is 8.42 Å². The Labute approximate surface area is 218 Å². The number of anilines is 1. The Bertz CT molecular complexity index is 1170. The number of nitrogens with one attached hydrogen (secondary N) is 1. The molecule has 0 aliphatic heterocycles. The van der Waals surface area contributed by atoms with Crippen LogP contribution in [0.3, 0.4) is 0 Å². The summed E-state index contributed by atoms with van der Waals surface area (Å²) in [5.74, 6) is -0.852. The van der Waals surface area contributed by atoms with Crippen LogP contribution in [0.5, 0.6) is 0 Å². The number of carbonyl (C=O) groups excluding carboxylic acids is 2. The maximum Gasteiger partial charge on any atom is 0.244 e. The predicted molar refractivity (Wildman–Crippen MR) is 142 cm³/mol. The number of benzene rings is 2. The Kier molecular flexibility index (Phi) is 10.4. The van der Waals surface area contributed by atoms with Gasteiger partial charge < -0.3 is 10.2 Å². The SMILES string of the molecule is CCCCNC(=O)[C@@H](C)N(Cc1ccc(Cl)cc1Cl)C(=O)CN(c1cc(C)ccc1C)S(C)(=O)=O. The van der Waals surface area contributed by atoms with Crippen LogP contribution in [0, 0.1) is 13.8 Å². The number of nitrogens with zero attached hydrogens (tertiary/aromatic N) is 2. The lowest BCUT2D eigenvalue weighted by atomic mass is 10.1. The van der Waals surface area contributed by atoms with E-state index in [1.165, 1.54) is 4.90 Å². The van der Waals surface area contributed by atoms with Crippen molar-refractivity contribution in [2.45, 2.75) is 53.1 Å². The number of rotatable bonds is 11. The van der Waals surface area contributed by atoms with Gasteiger partial charge in [-0.2, -0.15) is 0 Å². The normalized spacial score (nSPS) is 12.2. The lowest BCUT2D eigenvalue weighted by molar-refractivity contribution is -0.139. The molecule has 0 heterocycles. The molecule has 10 heteroatoms. The first kappa shape index (κ1) is 28.9. The van der Waals surface area contributed by atoms with Gasteiger partial charge in [-0.05, 0) is 62.1 Å². The van der Waals surface area contributed by atoms with Crippen LogP contribution in [0.25, 0.3) is 0 Å². The van der Waals surface area contributed by atoms with Crippen LogP contribution in [0.4, 0.5) is 5.69 Å². The van der Waals surface area contributed by atoms with Crippen molar-refractivity contribution >= 4 is 50.7 Å². The molecular formula is C25H33Cl2N3O4S. The Morgan fingerprint density at radius 2 is 1.77 bits per heavy atom. The van der Waals surface area contributed by atoms with Gasteiger partial charge in [0.2, 0.25) is 21.8 Å². The molecule has 2 amide bonds. The number of carbonyl (C=O) groups is 2. The molecule has 0 saturated heterocycles. The molecule has 1 atom stereocenters. The minimum absolute atomic E-state index is 0.0155. The molecule has 7 nitrogen and oxygen atoms in total. The number of hydrogen-bond donors (Lipinski definition) is 1. The maximum absolute atomic E-state index is 13.6. The Balaban J connectivity index is 2.43. The lowest BCUT2D eigenvalue weighted by Crippen LogP contribution is -2.51. The Morgan fingerprint density at radius 3 is 2.37 bits per heavy atom. The molecule has 0 fully saturated rings. The van der Waals surface area contributed by atoms with Crippen molar-refractivity contribution in [2.24, 2.45) is 0 Å². The summed E-state index contributed by atoms with van der Waals surface area (Å²) in [6.07, 6.45) is 2.78. The van der Waals surface area contributed by atoms with Crippen LogP contribution < -0.4 is 9.62 Å². The van der Waals surface area contributed by atoms with Crippen LogP contribution in [0.2, 0.25) is 10.0 Å². The van der Waals surface area contributed by atoms with Gasteiger partial charge in [0, 0.05) is 23.1 Å². The van der Waals surface area contributed by atoms with E-state index in [4.69, 9.17) is 23.2 Å². The standard InChI is InChI=1S/C25H33Cl2N3O4S/c1-6-7-12-28-25(32)19(4)29(15-20-10-11-21(26)14-22(20)27)24(31)16-30(35(5,33)34)23-13-17(2)8-9-18(23)3/h8-11,13-14,19H,6-7,12,15-16H2,1-5H3,(H,28,32)/t19-/m1/s1. The van der Waals surface area contributed by atoms with E-state index < -0.39 is 28.5 Å². The Morgan fingerprint density at radius 1 is 1.09 bits per heavy atom. The van der Waals surface area contributed by atoms with Crippen LogP contribution in [0.15, 0.2) is 36.4 Å². The van der Waals surface area contributed by atoms with Gasteiger partial charge >= 0.3 is 0 Å². The number of hydrogen-bond acceptors (Lipinski definition) is 4. The highest BCUT2D eigenvalue weighted by Gasteiger charge is 2.31. The number of halogens is 2. The van der Waals surface area contributed by atoms with Crippen LogP contribution in [-0.2, 0) is 26.2 Å². The second-order valence-corrected chi connectivity index (χ2v) is 11.4. The summed E-state index contributed by atoms with van der Waals surface area (Å²) in [6.45, 7) is 7.31. The second-order valence-electron chi connectivity index (χ2n) is 8.64. The van der Waals surface area contributed by atoms with Crippen molar-refractivity contribution in [2.75, 3.05) is 23.7 Å². The molecule has 1 N–H and O–H groups in total. The lowest BCUT2D eigenvalue weighted by Gasteiger charge is -2.32. The summed E-state index contributed by atoms with van der Waals surface area (Å²) in [6, 6.07) is 9.45. The van der Waals surface area contributed by atoms with Crippen LogP contribution in [0.1, 0.15) is 43.4 Å². The summed E-state index contributed by atoms with van der Waals surface area (Å²) in [5, 5.41) is 3.64. The highest BCUT2D eigenvalue weighted by molar-refractivity contribution is 7.92. The zero-order valence-electron chi connectivity index (χ0n) is 20.8. The van der Waals surface area contributed by atoms with Crippen LogP contribution >= 0.6 is 23.2 Å². The fourth-order valence-corrected chi connectivity index (χ4v) is 4.90. The summed E-state index contributed by atoms with van der Waals surface area (Å²) >= 11 is 12.4. The van der Waals surface area contributed by atoms with Crippen molar-refractivity contribution in [3.8, 4) is 0 Å². The van der Waals surface area contributed by atoms with E-state index in [0.717, 1.165) is 29.0 Å². The number of unbranched alkanes of at least 4 members (excludes halogenated alkanes) is 1. The Hall–Kier alpha value is -2.29. The molecule has 2 rings (SSSR count).